The minimum Gasteiger partial charge on any atom is -0.333 e. The number of nitrogens with one attached hydrogen (secondary N) is 1. The number of fused-ring (bicyclic) bond motifs is 2. The molecule has 172 valence electrons. The van der Waals surface area contributed by atoms with Crippen LogP contribution >= 0.6 is 11.3 Å². The van der Waals surface area contributed by atoms with Crippen LogP contribution in [0.3, 0.4) is 0 Å². The second-order valence-corrected chi connectivity index (χ2v) is 9.60. The van der Waals surface area contributed by atoms with Gasteiger partial charge in [-0.15, -0.1) is 0 Å². The lowest BCUT2D eigenvalue weighted by Crippen LogP contribution is -2.35. The van der Waals surface area contributed by atoms with E-state index in [1.54, 1.807) is 30.9 Å². The Bertz CT molecular complexity index is 1330. The molecule has 2 aliphatic rings. The Morgan fingerprint density at radius 1 is 1.00 bits per heavy atom. The fourth-order valence-electron chi connectivity index (χ4n) is 4.22. The Morgan fingerprint density at radius 3 is 2.47 bits per heavy atom. The maximum atomic E-state index is 12.9. The summed E-state index contributed by atoms with van der Waals surface area (Å²) >= 11 is 1.34. The quantitative estimate of drug-likeness (QED) is 0.583. The summed E-state index contributed by atoms with van der Waals surface area (Å²) in [6.45, 7) is 4.55. The maximum absolute atomic E-state index is 12.9. The van der Waals surface area contributed by atoms with Gasteiger partial charge in [-0.3, -0.25) is 29.4 Å². The molecule has 0 saturated heterocycles. The van der Waals surface area contributed by atoms with Crippen molar-refractivity contribution in [3.8, 4) is 0 Å². The monoisotopic (exact) mass is 474 g/mol. The van der Waals surface area contributed by atoms with Crippen molar-refractivity contribution in [1.29, 1.82) is 0 Å². The van der Waals surface area contributed by atoms with Crippen molar-refractivity contribution in [2.24, 2.45) is 0 Å². The second kappa shape index (κ2) is 8.49. The van der Waals surface area contributed by atoms with E-state index in [4.69, 9.17) is 0 Å². The highest BCUT2D eigenvalue weighted by atomic mass is 32.1. The van der Waals surface area contributed by atoms with E-state index >= 15 is 0 Å². The van der Waals surface area contributed by atoms with Gasteiger partial charge < -0.3 is 4.90 Å². The van der Waals surface area contributed by atoms with E-state index in [2.05, 4.69) is 10.3 Å². The van der Waals surface area contributed by atoms with Crippen LogP contribution in [0.2, 0.25) is 0 Å². The molecule has 1 N–H and O–H groups in total. The minimum atomic E-state index is -0.408. The third-order valence-corrected chi connectivity index (χ3v) is 6.95. The van der Waals surface area contributed by atoms with Gasteiger partial charge in [0.1, 0.15) is 0 Å². The Hall–Kier alpha value is -3.85. The van der Waals surface area contributed by atoms with Gasteiger partial charge in [-0.1, -0.05) is 29.5 Å². The molecule has 8 nitrogen and oxygen atoms in total. The molecule has 2 aromatic carbocycles. The largest absolute Gasteiger partial charge is 0.333 e. The van der Waals surface area contributed by atoms with Crippen molar-refractivity contribution in [3.63, 3.8) is 0 Å². The molecule has 0 spiro atoms. The first kappa shape index (κ1) is 22.0. The van der Waals surface area contributed by atoms with Gasteiger partial charge in [0, 0.05) is 35.0 Å². The summed E-state index contributed by atoms with van der Waals surface area (Å²) in [5.74, 6) is -1.17. The molecule has 0 atom stereocenters. The molecule has 0 bridgehead atoms. The Balaban J connectivity index is 1.31. The number of nitrogens with zero attached hydrogens (tertiary/aromatic N) is 3. The van der Waals surface area contributed by atoms with Gasteiger partial charge >= 0.3 is 0 Å². The first-order valence-electron chi connectivity index (χ1n) is 11.0. The molecule has 0 fully saturated rings. The lowest BCUT2D eigenvalue weighted by atomic mass is 10.1. The number of carbonyl (C=O) groups is 4. The zero-order valence-electron chi connectivity index (χ0n) is 18.7. The third-order valence-electron chi connectivity index (χ3n) is 5.96. The molecule has 2 aliphatic heterocycles. The number of imide groups is 1. The number of aromatic nitrogens is 1. The van der Waals surface area contributed by atoms with Crippen molar-refractivity contribution < 1.29 is 19.2 Å². The number of benzene rings is 2. The van der Waals surface area contributed by atoms with Crippen molar-refractivity contribution in [3.05, 3.63) is 81.4 Å². The van der Waals surface area contributed by atoms with Crippen molar-refractivity contribution in [2.75, 3.05) is 11.9 Å². The molecule has 0 saturated carbocycles. The summed E-state index contributed by atoms with van der Waals surface area (Å²) in [6, 6.07) is 13.4. The second-order valence-electron chi connectivity index (χ2n) is 8.52. The van der Waals surface area contributed by atoms with Gasteiger partial charge in [-0.05, 0) is 44.2 Å². The molecule has 0 unspecified atom stereocenters. The highest BCUT2D eigenvalue weighted by Crippen LogP contribution is 2.30. The van der Waals surface area contributed by atoms with Crippen LogP contribution in [0.1, 0.15) is 65.9 Å². The van der Waals surface area contributed by atoms with Crippen LogP contribution in [0.4, 0.5) is 5.13 Å². The number of rotatable bonds is 4. The smallest absolute Gasteiger partial charge is 0.261 e. The molecule has 3 heterocycles. The van der Waals surface area contributed by atoms with E-state index in [0.29, 0.717) is 35.8 Å². The van der Waals surface area contributed by atoms with Gasteiger partial charge in [0.15, 0.2) is 5.13 Å². The van der Waals surface area contributed by atoms with Crippen molar-refractivity contribution in [2.45, 2.75) is 32.9 Å². The highest BCUT2D eigenvalue weighted by molar-refractivity contribution is 7.15. The van der Waals surface area contributed by atoms with Gasteiger partial charge in [-0.25, -0.2) is 4.98 Å². The number of amides is 4. The normalized spacial score (nSPS) is 14.9. The third kappa shape index (κ3) is 3.77. The van der Waals surface area contributed by atoms with Gasteiger partial charge in [0.2, 0.25) is 0 Å². The summed E-state index contributed by atoms with van der Waals surface area (Å²) in [6.07, 6.45) is 0.612. The summed E-state index contributed by atoms with van der Waals surface area (Å²) in [5, 5.41) is 3.24. The van der Waals surface area contributed by atoms with Crippen molar-refractivity contribution in [1.82, 2.24) is 14.8 Å². The molecule has 5 rings (SSSR count). The highest BCUT2D eigenvalue weighted by Gasteiger charge is 2.37. The first-order valence-corrected chi connectivity index (χ1v) is 11.8. The SMILES string of the molecule is CC(C)N1C(=O)c2ccc(C(=O)Nc3nc4c(s3)CN(C(=O)c3ccccc3)CC4)cc2C1=O. The fourth-order valence-corrected chi connectivity index (χ4v) is 5.24. The van der Waals surface area contributed by atoms with E-state index in [-0.39, 0.29) is 29.0 Å². The van der Waals surface area contributed by atoms with Crippen LogP contribution in [0.25, 0.3) is 0 Å². The van der Waals surface area contributed by atoms with E-state index in [1.807, 2.05) is 18.2 Å². The van der Waals surface area contributed by atoms with Crippen molar-refractivity contribution >= 4 is 40.1 Å². The number of hydrogen-bond acceptors (Lipinski definition) is 6. The first-order chi connectivity index (χ1) is 16.3. The van der Waals surface area contributed by atoms with Crippen LogP contribution in [0.15, 0.2) is 48.5 Å². The lowest BCUT2D eigenvalue weighted by Gasteiger charge is -2.26. The lowest BCUT2D eigenvalue weighted by molar-refractivity contribution is 0.0608. The van der Waals surface area contributed by atoms with E-state index in [1.165, 1.54) is 34.4 Å². The van der Waals surface area contributed by atoms with Gasteiger partial charge in [-0.2, -0.15) is 0 Å². The average molecular weight is 475 g/mol. The Labute approximate surface area is 200 Å². The van der Waals surface area contributed by atoms with E-state index < -0.39 is 11.8 Å². The van der Waals surface area contributed by atoms with E-state index in [0.717, 1.165) is 10.6 Å². The fraction of sp³-hybridized carbons (Fsp3) is 0.240. The molecule has 0 radical (unpaired) electrons. The zero-order chi connectivity index (χ0) is 24.0. The predicted octanol–water partition coefficient (Wildman–Crippen LogP) is 3.60. The predicted molar refractivity (Wildman–Crippen MR) is 127 cm³/mol. The van der Waals surface area contributed by atoms with Crippen LogP contribution in [-0.2, 0) is 13.0 Å². The number of hydrogen-bond donors (Lipinski definition) is 1. The molecule has 9 heteroatoms. The number of thiazole rings is 1. The molecule has 1 aromatic heterocycles. The topological polar surface area (TPSA) is 99.7 Å². The van der Waals surface area contributed by atoms with E-state index in [9.17, 15) is 19.2 Å². The molecule has 4 amide bonds. The van der Waals surface area contributed by atoms with Gasteiger partial charge in [0.25, 0.3) is 23.6 Å². The summed E-state index contributed by atoms with van der Waals surface area (Å²) in [4.78, 5) is 59.2. The van der Waals surface area contributed by atoms with Gasteiger partial charge in [0.05, 0.1) is 23.4 Å². The molecular formula is C25H22N4O4S. The Kier molecular flexibility index (Phi) is 5.49. The van der Waals surface area contributed by atoms with Crippen LogP contribution in [-0.4, -0.2) is 51.0 Å². The average Bonchev–Trinajstić information content (AvgIpc) is 3.35. The maximum Gasteiger partial charge on any atom is 0.261 e. The molecular weight excluding hydrogens is 452 g/mol. The van der Waals surface area contributed by atoms with Crippen LogP contribution in [0.5, 0.6) is 0 Å². The van der Waals surface area contributed by atoms with Crippen LogP contribution in [0, 0.1) is 0 Å². The molecule has 34 heavy (non-hydrogen) atoms. The standard InChI is InChI=1S/C25H22N4O4S/c1-14(2)29-23(32)17-9-8-16(12-18(17)24(29)33)21(30)27-25-26-19-10-11-28(13-20(19)34-25)22(31)15-6-4-3-5-7-15/h3-9,12,14H,10-11,13H2,1-2H3,(H,26,27,30). The minimum absolute atomic E-state index is 0.0296. The van der Waals surface area contributed by atoms with Crippen LogP contribution < -0.4 is 5.32 Å². The number of carbonyl (C=O) groups excluding carboxylic acids is 4. The zero-order valence-corrected chi connectivity index (χ0v) is 19.5. The molecule has 3 aromatic rings. The summed E-state index contributed by atoms with van der Waals surface area (Å²) in [7, 11) is 0. The molecule has 0 aliphatic carbocycles. The Morgan fingerprint density at radius 2 is 1.74 bits per heavy atom. The number of anilines is 1. The summed E-state index contributed by atoms with van der Waals surface area (Å²) in [5.41, 5.74) is 2.34. The summed E-state index contributed by atoms with van der Waals surface area (Å²) < 4.78 is 0.